The number of aliphatic hydroxyl groups is 2. The van der Waals surface area contributed by atoms with E-state index in [4.69, 9.17) is 9.47 Å². The molecule has 1 heterocycles. The Bertz CT molecular complexity index is 903. The Morgan fingerprint density at radius 3 is 2.61 bits per heavy atom. The van der Waals surface area contributed by atoms with Crippen molar-refractivity contribution in [3.63, 3.8) is 0 Å². The summed E-state index contributed by atoms with van der Waals surface area (Å²) < 4.78 is 10.7. The molecule has 4 fully saturated rings. The minimum atomic E-state index is -1.23. The Balaban J connectivity index is 1.44. The van der Waals surface area contributed by atoms with Gasteiger partial charge in [0.15, 0.2) is 0 Å². The Morgan fingerprint density at radius 1 is 1.18 bits per heavy atom. The first-order valence-electron chi connectivity index (χ1n) is 12.2. The van der Waals surface area contributed by atoms with Crippen LogP contribution >= 0.6 is 15.9 Å². The second-order valence-corrected chi connectivity index (χ2v) is 11.8. The van der Waals surface area contributed by atoms with Gasteiger partial charge in [-0.15, -0.1) is 0 Å². The molecule has 5 aliphatic rings. The molecule has 0 aromatic carbocycles. The van der Waals surface area contributed by atoms with Crippen molar-refractivity contribution < 1.29 is 34.1 Å². The Hall–Kier alpha value is -1.25. The van der Waals surface area contributed by atoms with E-state index in [0.717, 1.165) is 31.1 Å². The standard InChI is InChI=1S/C25H33BrO7/c1-22-6-3-18-19(25(22,31)9-5-17(22)15-10-20(28)32-13-15)4-8-24(30)11-16(33-21(29)12-26)2-7-23(18,24)14-27/h10,14,16-19,30-31H,2-9,11-13H2,1H3/t16-,17+,18-,19+,22+,23-,24-,25-/m0/s1. The van der Waals surface area contributed by atoms with Crippen LogP contribution in [0.3, 0.4) is 0 Å². The van der Waals surface area contributed by atoms with Crippen LogP contribution in [0.15, 0.2) is 11.6 Å². The topological polar surface area (TPSA) is 110 Å². The van der Waals surface area contributed by atoms with Gasteiger partial charge in [0, 0.05) is 17.9 Å². The Kier molecular flexibility index (Phi) is 5.61. The van der Waals surface area contributed by atoms with Gasteiger partial charge in [0.05, 0.1) is 16.6 Å². The smallest absolute Gasteiger partial charge is 0.331 e. The molecule has 0 radical (unpaired) electrons. The Morgan fingerprint density at radius 2 is 1.94 bits per heavy atom. The number of hydrogen-bond acceptors (Lipinski definition) is 7. The van der Waals surface area contributed by atoms with Crippen molar-refractivity contribution in [3.05, 3.63) is 11.6 Å². The van der Waals surface area contributed by atoms with Crippen LogP contribution in [0.5, 0.6) is 0 Å². The monoisotopic (exact) mass is 524 g/mol. The number of halogens is 1. The summed E-state index contributed by atoms with van der Waals surface area (Å²) in [5.74, 6) is -0.792. The number of cyclic esters (lactones) is 1. The summed E-state index contributed by atoms with van der Waals surface area (Å²) in [6.45, 7) is 2.44. The molecule has 0 saturated heterocycles. The molecular formula is C25H33BrO7. The van der Waals surface area contributed by atoms with E-state index in [9.17, 15) is 24.6 Å². The van der Waals surface area contributed by atoms with Crippen molar-refractivity contribution in [2.45, 2.75) is 82.0 Å². The molecule has 2 N–H and O–H groups in total. The van der Waals surface area contributed by atoms with Gasteiger partial charge in [0.25, 0.3) is 0 Å². The van der Waals surface area contributed by atoms with E-state index < -0.39 is 28.1 Å². The van der Waals surface area contributed by atoms with Gasteiger partial charge in [-0.1, -0.05) is 22.9 Å². The van der Waals surface area contributed by atoms with Gasteiger partial charge in [-0.3, -0.25) is 4.79 Å². The zero-order valence-electron chi connectivity index (χ0n) is 19.1. The highest BCUT2D eigenvalue weighted by molar-refractivity contribution is 9.09. The number of hydrogen-bond donors (Lipinski definition) is 2. The molecule has 0 amide bonds. The Labute approximate surface area is 202 Å². The number of carbonyl (C=O) groups excluding carboxylic acids is 3. The number of rotatable bonds is 4. The van der Waals surface area contributed by atoms with E-state index in [1.54, 1.807) is 6.08 Å². The molecule has 8 heteroatoms. The lowest BCUT2D eigenvalue weighted by atomic mass is 9.41. The van der Waals surface area contributed by atoms with Crippen molar-refractivity contribution in [2.24, 2.45) is 28.6 Å². The first-order valence-corrected chi connectivity index (χ1v) is 13.3. The normalized spacial score (nSPS) is 48.7. The lowest BCUT2D eigenvalue weighted by molar-refractivity contribution is -0.249. The molecule has 8 atom stereocenters. The average Bonchev–Trinajstić information content (AvgIpc) is 3.33. The number of aldehydes is 1. The molecule has 0 bridgehead atoms. The van der Waals surface area contributed by atoms with Crippen molar-refractivity contribution in [3.8, 4) is 0 Å². The quantitative estimate of drug-likeness (QED) is 0.330. The predicted molar refractivity (Wildman–Crippen MR) is 121 cm³/mol. The summed E-state index contributed by atoms with van der Waals surface area (Å²) in [7, 11) is 0. The van der Waals surface area contributed by atoms with Crippen LogP contribution in [0.2, 0.25) is 0 Å². The van der Waals surface area contributed by atoms with Crippen molar-refractivity contribution in [1.29, 1.82) is 0 Å². The largest absolute Gasteiger partial charge is 0.462 e. The summed E-state index contributed by atoms with van der Waals surface area (Å²) in [6, 6.07) is 0. The second-order valence-electron chi connectivity index (χ2n) is 11.2. The second kappa shape index (κ2) is 7.89. The fraction of sp³-hybridized carbons (Fsp3) is 0.800. The van der Waals surface area contributed by atoms with Crippen LogP contribution in [-0.2, 0) is 23.9 Å². The number of carbonyl (C=O) groups is 3. The van der Waals surface area contributed by atoms with Crippen molar-refractivity contribution >= 4 is 34.2 Å². The number of alkyl halides is 1. The molecular weight excluding hydrogens is 492 g/mol. The first-order chi connectivity index (χ1) is 15.6. The maximum Gasteiger partial charge on any atom is 0.331 e. The molecule has 0 unspecified atom stereocenters. The highest BCUT2D eigenvalue weighted by Gasteiger charge is 2.71. The minimum absolute atomic E-state index is 0.0855. The summed E-state index contributed by atoms with van der Waals surface area (Å²) in [5, 5.41) is 24.1. The molecule has 0 spiro atoms. The summed E-state index contributed by atoms with van der Waals surface area (Å²) in [5.41, 5.74) is -2.54. The minimum Gasteiger partial charge on any atom is -0.462 e. The van der Waals surface area contributed by atoms with Gasteiger partial charge in [0.1, 0.15) is 24.3 Å². The molecule has 1 aliphatic heterocycles. The van der Waals surface area contributed by atoms with Crippen LogP contribution in [0.4, 0.5) is 0 Å². The first kappa shape index (κ1) is 23.5. The van der Waals surface area contributed by atoms with Crippen molar-refractivity contribution in [1.82, 2.24) is 0 Å². The molecule has 0 aromatic rings. The third-order valence-corrected chi connectivity index (χ3v) is 10.7. The predicted octanol–water partition coefficient (Wildman–Crippen LogP) is 2.84. The molecule has 7 nitrogen and oxygen atoms in total. The van der Waals surface area contributed by atoms with E-state index in [2.05, 4.69) is 22.9 Å². The third-order valence-electron chi connectivity index (χ3n) is 10.2. The van der Waals surface area contributed by atoms with Gasteiger partial charge in [-0.2, -0.15) is 0 Å². The summed E-state index contributed by atoms with van der Waals surface area (Å²) >= 11 is 3.11. The van der Waals surface area contributed by atoms with E-state index >= 15 is 0 Å². The maximum absolute atomic E-state index is 12.7. The van der Waals surface area contributed by atoms with Crippen molar-refractivity contribution in [2.75, 3.05) is 11.9 Å². The van der Waals surface area contributed by atoms with Crippen LogP contribution in [0.1, 0.15) is 64.7 Å². The number of fused-ring (bicyclic) bond motifs is 5. The average molecular weight is 525 g/mol. The van der Waals surface area contributed by atoms with E-state index in [0.29, 0.717) is 38.7 Å². The van der Waals surface area contributed by atoms with E-state index in [1.807, 2.05) is 0 Å². The molecule has 4 saturated carbocycles. The van der Waals surface area contributed by atoms with Crippen LogP contribution in [-0.4, -0.2) is 57.7 Å². The highest BCUT2D eigenvalue weighted by atomic mass is 79.9. The summed E-state index contributed by atoms with van der Waals surface area (Å²) in [4.78, 5) is 36.2. The number of esters is 2. The molecule has 0 aromatic heterocycles. The van der Waals surface area contributed by atoms with Gasteiger partial charge < -0.3 is 24.5 Å². The lowest BCUT2D eigenvalue weighted by Gasteiger charge is -2.65. The zero-order valence-corrected chi connectivity index (χ0v) is 20.6. The fourth-order valence-electron chi connectivity index (χ4n) is 8.64. The molecule has 4 aliphatic carbocycles. The number of ether oxygens (including phenoxy) is 2. The molecule has 5 rings (SSSR count). The van der Waals surface area contributed by atoms with Crippen LogP contribution in [0, 0.1) is 28.6 Å². The molecule has 33 heavy (non-hydrogen) atoms. The van der Waals surface area contributed by atoms with E-state index in [1.165, 1.54) is 0 Å². The lowest BCUT2D eigenvalue weighted by Crippen LogP contribution is -2.69. The molecule has 182 valence electrons. The zero-order chi connectivity index (χ0) is 23.6. The SMILES string of the molecule is C[C@]12CC[C@H]3[C@@H](CC[C@]4(O)C[C@@H](OC(=O)CBr)CC[C@]34C=O)[C@@]1(O)CC[C@@H]2C1=CC(=O)OC1. The third kappa shape index (κ3) is 3.16. The highest BCUT2D eigenvalue weighted by Crippen LogP contribution is 2.70. The van der Waals surface area contributed by atoms with Crippen LogP contribution in [0.25, 0.3) is 0 Å². The maximum atomic E-state index is 12.7. The summed E-state index contributed by atoms with van der Waals surface area (Å²) in [6.07, 6.45) is 7.33. The van der Waals surface area contributed by atoms with Gasteiger partial charge in [-0.25, -0.2) is 4.79 Å². The fourth-order valence-corrected chi connectivity index (χ4v) is 8.77. The van der Waals surface area contributed by atoms with Gasteiger partial charge >= 0.3 is 11.9 Å². The van der Waals surface area contributed by atoms with Crippen LogP contribution < -0.4 is 0 Å². The van der Waals surface area contributed by atoms with Gasteiger partial charge in [0.2, 0.25) is 0 Å². The van der Waals surface area contributed by atoms with E-state index in [-0.39, 0.29) is 41.4 Å². The van der Waals surface area contributed by atoms with Gasteiger partial charge in [-0.05, 0) is 74.7 Å².